The molecular formula is C17H11ClN2O8S3. The van der Waals surface area contributed by atoms with E-state index < -0.39 is 47.4 Å². The third-order valence-corrected chi connectivity index (χ3v) is 6.34. The first-order valence-electron chi connectivity index (χ1n) is 8.05. The number of anilines is 1. The molecule has 1 fully saturated rings. The average Bonchev–Trinajstić information content (AvgIpc) is 2.65. The van der Waals surface area contributed by atoms with E-state index in [2.05, 4.69) is 5.32 Å². The Labute approximate surface area is 186 Å². The smallest absolute Gasteiger partial charge is 0.295 e. The van der Waals surface area contributed by atoms with Crippen molar-refractivity contribution < 1.29 is 35.5 Å². The summed E-state index contributed by atoms with van der Waals surface area (Å²) in [6.07, 6.45) is 0.846. The minimum atomic E-state index is -5.00. The van der Waals surface area contributed by atoms with E-state index in [0.717, 1.165) is 23.1 Å². The van der Waals surface area contributed by atoms with Crippen LogP contribution < -0.4 is 10.2 Å². The molecule has 0 spiro atoms. The van der Waals surface area contributed by atoms with E-state index in [1.54, 1.807) is 0 Å². The molecule has 1 aliphatic rings. The number of benzene rings is 2. The molecule has 10 nitrogen and oxygen atoms in total. The van der Waals surface area contributed by atoms with E-state index in [0.29, 0.717) is 11.1 Å². The van der Waals surface area contributed by atoms with Crippen LogP contribution >= 0.6 is 23.8 Å². The van der Waals surface area contributed by atoms with Crippen molar-refractivity contribution in [2.24, 2.45) is 0 Å². The normalized spacial score (nSPS) is 16.5. The molecule has 3 N–H and O–H groups in total. The molecule has 162 valence electrons. The Morgan fingerprint density at radius 2 is 1.58 bits per heavy atom. The largest absolute Gasteiger partial charge is 0.298 e. The van der Waals surface area contributed by atoms with Crippen molar-refractivity contribution in [3.05, 3.63) is 58.6 Å². The number of thiocarbonyl (C=S) groups is 1. The van der Waals surface area contributed by atoms with Crippen LogP contribution in [-0.2, 0) is 29.8 Å². The van der Waals surface area contributed by atoms with Crippen LogP contribution in [0.4, 0.5) is 5.69 Å². The molecule has 14 heteroatoms. The Balaban J connectivity index is 2.16. The van der Waals surface area contributed by atoms with E-state index in [4.69, 9.17) is 28.4 Å². The van der Waals surface area contributed by atoms with Crippen LogP contribution in [0.3, 0.4) is 0 Å². The maximum Gasteiger partial charge on any atom is 0.295 e. The number of nitrogens with zero attached hydrogens (tertiary/aromatic N) is 1. The van der Waals surface area contributed by atoms with Crippen molar-refractivity contribution in [3.63, 3.8) is 0 Å². The van der Waals surface area contributed by atoms with Crippen LogP contribution in [0, 0.1) is 0 Å². The maximum absolute atomic E-state index is 13.0. The molecule has 1 saturated heterocycles. The fraction of sp³-hybridized carbons (Fsp3) is 0. The summed E-state index contributed by atoms with van der Waals surface area (Å²) in [5.41, 5.74) is -0.660. The second kappa shape index (κ2) is 8.11. The van der Waals surface area contributed by atoms with Crippen molar-refractivity contribution in [3.8, 4) is 0 Å². The van der Waals surface area contributed by atoms with Gasteiger partial charge in [-0.1, -0.05) is 17.7 Å². The van der Waals surface area contributed by atoms with Crippen LogP contribution in [0.2, 0.25) is 5.02 Å². The Kier molecular flexibility index (Phi) is 6.01. The van der Waals surface area contributed by atoms with E-state index in [-0.39, 0.29) is 16.4 Å². The van der Waals surface area contributed by atoms with Gasteiger partial charge in [0.2, 0.25) is 0 Å². The molecule has 0 radical (unpaired) electrons. The Morgan fingerprint density at radius 1 is 0.968 bits per heavy atom. The molecule has 0 bridgehead atoms. The van der Waals surface area contributed by atoms with E-state index >= 15 is 0 Å². The number of carbonyl (C=O) groups excluding carboxylic acids is 2. The number of amides is 2. The summed E-state index contributed by atoms with van der Waals surface area (Å²) < 4.78 is 64.6. The molecule has 1 heterocycles. The van der Waals surface area contributed by atoms with E-state index in [1.165, 1.54) is 24.3 Å². The lowest BCUT2D eigenvalue weighted by molar-refractivity contribution is -0.122. The van der Waals surface area contributed by atoms with E-state index in [9.17, 15) is 31.0 Å². The molecule has 3 rings (SSSR count). The van der Waals surface area contributed by atoms with Crippen LogP contribution in [0.15, 0.2) is 57.8 Å². The molecule has 0 aromatic heterocycles. The van der Waals surface area contributed by atoms with Gasteiger partial charge in [-0.25, -0.2) is 0 Å². The van der Waals surface area contributed by atoms with Crippen LogP contribution in [-0.4, -0.2) is 42.9 Å². The van der Waals surface area contributed by atoms with Crippen molar-refractivity contribution in [2.75, 3.05) is 4.90 Å². The van der Waals surface area contributed by atoms with Crippen LogP contribution in [0.5, 0.6) is 0 Å². The molecule has 1 aliphatic heterocycles. The first-order valence-corrected chi connectivity index (χ1v) is 11.7. The lowest BCUT2D eigenvalue weighted by atomic mass is 10.1. The zero-order valence-corrected chi connectivity index (χ0v) is 18.2. The summed E-state index contributed by atoms with van der Waals surface area (Å²) in [6.45, 7) is 0. The van der Waals surface area contributed by atoms with Gasteiger partial charge in [0.1, 0.15) is 10.5 Å². The number of hydrogen-bond donors (Lipinski definition) is 3. The predicted molar refractivity (Wildman–Crippen MR) is 114 cm³/mol. The van der Waals surface area contributed by atoms with Gasteiger partial charge >= 0.3 is 0 Å². The predicted octanol–water partition coefficient (Wildman–Crippen LogP) is 1.66. The summed E-state index contributed by atoms with van der Waals surface area (Å²) in [6, 6.07) is 8.12. The number of rotatable bonds is 4. The molecule has 0 saturated carbocycles. The maximum atomic E-state index is 13.0. The molecule has 2 aromatic carbocycles. The number of nitrogens with one attached hydrogen (secondary N) is 1. The van der Waals surface area contributed by atoms with Crippen molar-refractivity contribution >= 4 is 72.7 Å². The fourth-order valence-corrected chi connectivity index (χ4v) is 4.34. The van der Waals surface area contributed by atoms with Crippen molar-refractivity contribution in [2.45, 2.75) is 9.79 Å². The van der Waals surface area contributed by atoms with Gasteiger partial charge in [-0.2, -0.15) is 16.8 Å². The van der Waals surface area contributed by atoms with Gasteiger partial charge < -0.3 is 0 Å². The molecule has 2 aromatic rings. The lowest BCUT2D eigenvalue weighted by Gasteiger charge is -2.29. The molecule has 2 amide bonds. The molecule has 31 heavy (non-hydrogen) atoms. The zero-order chi connectivity index (χ0) is 23.1. The summed E-state index contributed by atoms with van der Waals surface area (Å²) in [4.78, 5) is 24.5. The third-order valence-electron chi connectivity index (χ3n) is 4.05. The minimum Gasteiger partial charge on any atom is -0.298 e. The Morgan fingerprint density at radius 3 is 2.13 bits per heavy atom. The van der Waals surface area contributed by atoms with Crippen LogP contribution in [0.1, 0.15) is 5.56 Å². The Bertz CT molecular complexity index is 1370. The average molecular weight is 503 g/mol. The van der Waals surface area contributed by atoms with Gasteiger partial charge in [0.25, 0.3) is 32.1 Å². The quantitative estimate of drug-likeness (QED) is 0.244. The second-order valence-electron chi connectivity index (χ2n) is 6.08. The van der Waals surface area contributed by atoms with Gasteiger partial charge in [-0.15, -0.1) is 0 Å². The van der Waals surface area contributed by atoms with Gasteiger partial charge in [-0.05, 0) is 60.3 Å². The second-order valence-corrected chi connectivity index (χ2v) is 9.72. The number of carbonyl (C=O) groups is 2. The summed E-state index contributed by atoms with van der Waals surface area (Å²) in [7, 11) is -9.79. The zero-order valence-electron chi connectivity index (χ0n) is 15.0. The number of hydrogen-bond acceptors (Lipinski definition) is 7. The fourth-order valence-electron chi connectivity index (χ4n) is 2.66. The number of halogens is 1. The molecule has 0 unspecified atom stereocenters. The minimum absolute atomic E-state index is 0.230. The van der Waals surface area contributed by atoms with Gasteiger partial charge in [-0.3, -0.25) is 28.9 Å². The van der Waals surface area contributed by atoms with E-state index in [1.807, 2.05) is 0 Å². The first-order chi connectivity index (χ1) is 14.3. The topological polar surface area (TPSA) is 158 Å². The van der Waals surface area contributed by atoms with Gasteiger partial charge in [0.05, 0.1) is 10.6 Å². The van der Waals surface area contributed by atoms with Crippen LogP contribution in [0.25, 0.3) is 6.08 Å². The first kappa shape index (κ1) is 23.0. The summed E-state index contributed by atoms with van der Waals surface area (Å²) in [5, 5.41) is 2.44. The molecular weight excluding hydrogens is 492 g/mol. The lowest BCUT2D eigenvalue weighted by Crippen LogP contribution is -2.54. The summed E-state index contributed by atoms with van der Waals surface area (Å²) >= 11 is 10.9. The van der Waals surface area contributed by atoms with Crippen molar-refractivity contribution in [1.82, 2.24) is 5.32 Å². The summed E-state index contributed by atoms with van der Waals surface area (Å²) in [5.74, 6) is -1.85. The van der Waals surface area contributed by atoms with Gasteiger partial charge in [0, 0.05) is 5.02 Å². The molecule has 0 aliphatic carbocycles. The highest BCUT2D eigenvalue weighted by molar-refractivity contribution is 7.86. The monoisotopic (exact) mass is 502 g/mol. The van der Waals surface area contributed by atoms with Gasteiger partial charge in [0.15, 0.2) is 5.11 Å². The highest BCUT2D eigenvalue weighted by Crippen LogP contribution is 2.27. The van der Waals surface area contributed by atoms with Crippen molar-refractivity contribution in [1.29, 1.82) is 0 Å². The standard InChI is InChI=1S/C17H11ClN2O8S3/c18-10-2-4-11(5-3-10)20-16(22)13(15(21)19-17(20)29)7-9-1-6-12(30(23,24)25)8-14(9)31(26,27)28/h1-8H,(H,19,21,29)(H,23,24,25)(H,26,27,28). The highest BCUT2D eigenvalue weighted by atomic mass is 35.5. The third kappa shape index (κ3) is 4.81. The Hall–Kier alpha value is -2.68. The molecule has 0 atom stereocenters. The SMILES string of the molecule is O=C1NC(=S)N(c2ccc(Cl)cc2)C(=O)C1=Cc1ccc(S(=O)(=O)O)cc1S(=O)(=O)O. The highest BCUT2D eigenvalue weighted by Gasteiger charge is 2.35.